The third-order valence-corrected chi connectivity index (χ3v) is 4.06. The lowest BCUT2D eigenvalue weighted by atomic mass is 9.80. The van der Waals surface area contributed by atoms with E-state index in [4.69, 9.17) is 4.74 Å². The van der Waals surface area contributed by atoms with Crippen molar-refractivity contribution in [3.63, 3.8) is 0 Å². The van der Waals surface area contributed by atoms with E-state index >= 15 is 0 Å². The maximum absolute atomic E-state index is 12.0. The molecule has 1 amide bonds. The van der Waals surface area contributed by atoms with Crippen molar-refractivity contribution in [3.8, 4) is 5.75 Å². The quantitative estimate of drug-likeness (QED) is 0.838. The summed E-state index contributed by atoms with van der Waals surface area (Å²) < 4.78 is 5.32. The summed E-state index contributed by atoms with van der Waals surface area (Å²) in [4.78, 5) is 12.0. The zero-order chi connectivity index (χ0) is 14.6. The molecule has 20 heavy (non-hydrogen) atoms. The fourth-order valence-electron chi connectivity index (χ4n) is 2.56. The molecule has 2 N–H and O–H groups in total. The SMILES string of the molecule is COc1ccccc1C(C)CC(=O)NCC1(O)CCC1. The molecule has 1 aliphatic rings. The van der Waals surface area contributed by atoms with Crippen LogP contribution in [-0.4, -0.2) is 30.3 Å². The zero-order valence-electron chi connectivity index (χ0n) is 12.2. The van der Waals surface area contributed by atoms with E-state index in [2.05, 4.69) is 5.32 Å². The molecule has 4 nitrogen and oxygen atoms in total. The molecule has 1 aromatic rings. The number of carbonyl (C=O) groups is 1. The largest absolute Gasteiger partial charge is 0.496 e. The number of hydrogen-bond acceptors (Lipinski definition) is 3. The first kappa shape index (κ1) is 14.9. The average molecular weight is 277 g/mol. The lowest BCUT2D eigenvalue weighted by molar-refractivity contribution is -0.123. The number of hydrogen-bond donors (Lipinski definition) is 2. The van der Waals surface area contributed by atoms with E-state index in [0.717, 1.165) is 30.6 Å². The van der Waals surface area contributed by atoms with Crippen molar-refractivity contribution in [2.45, 2.75) is 44.1 Å². The molecule has 2 rings (SSSR count). The number of rotatable bonds is 6. The van der Waals surface area contributed by atoms with Crippen molar-refractivity contribution < 1.29 is 14.6 Å². The molecule has 0 bridgehead atoms. The summed E-state index contributed by atoms with van der Waals surface area (Å²) in [6.45, 7) is 2.37. The standard InChI is InChI=1S/C16H23NO3/c1-12(13-6-3-4-7-14(13)20-2)10-15(18)17-11-16(19)8-5-9-16/h3-4,6-7,12,19H,5,8-11H2,1-2H3,(H,17,18). The molecule has 1 atom stereocenters. The molecule has 0 heterocycles. The van der Waals surface area contributed by atoms with E-state index < -0.39 is 5.60 Å². The van der Waals surface area contributed by atoms with Gasteiger partial charge >= 0.3 is 0 Å². The summed E-state index contributed by atoms with van der Waals surface area (Å²) in [6.07, 6.45) is 3.02. The molecule has 1 aromatic carbocycles. The second-order valence-electron chi connectivity index (χ2n) is 5.70. The Morgan fingerprint density at radius 2 is 2.15 bits per heavy atom. The van der Waals surface area contributed by atoms with Gasteiger partial charge in [0.1, 0.15) is 5.75 Å². The molecule has 1 fully saturated rings. The van der Waals surface area contributed by atoms with Crippen LogP contribution in [0.25, 0.3) is 0 Å². The minimum Gasteiger partial charge on any atom is -0.496 e. The number of carbonyl (C=O) groups excluding carboxylic acids is 1. The maximum atomic E-state index is 12.0. The topological polar surface area (TPSA) is 58.6 Å². The lowest BCUT2D eigenvalue weighted by Crippen LogP contribution is -2.47. The second kappa shape index (κ2) is 6.27. The van der Waals surface area contributed by atoms with Crippen LogP contribution >= 0.6 is 0 Å². The highest BCUT2D eigenvalue weighted by Gasteiger charge is 2.34. The Bertz CT molecular complexity index is 469. The van der Waals surface area contributed by atoms with Gasteiger partial charge in [0.15, 0.2) is 0 Å². The number of aliphatic hydroxyl groups is 1. The van der Waals surface area contributed by atoms with E-state index in [1.807, 2.05) is 31.2 Å². The Kier molecular flexibility index (Phi) is 4.65. The van der Waals surface area contributed by atoms with Gasteiger partial charge in [-0.2, -0.15) is 0 Å². The third kappa shape index (κ3) is 3.51. The van der Waals surface area contributed by atoms with Crippen LogP contribution in [0.1, 0.15) is 44.1 Å². The number of para-hydroxylation sites is 1. The second-order valence-corrected chi connectivity index (χ2v) is 5.70. The Labute approximate surface area is 120 Å². The van der Waals surface area contributed by atoms with Crippen molar-refractivity contribution in [2.24, 2.45) is 0 Å². The number of benzene rings is 1. The van der Waals surface area contributed by atoms with Gasteiger partial charge in [-0.3, -0.25) is 4.79 Å². The smallest absolute Gasteiger partial charge is 0.220 e. The first-order valence-electron chi connectivity index (χ1n) is 7.16. The molecular formula is C16H23NO3. The third-order valence-electron chi connectivity index (χ3n) is 4.06. The molecule has 1 unspecified atom stereocenters. The summed E-state index contributed by atoms with van der Waals surface area (Å²) in [5.41, 5.74) is 0.371. The molecule has 1 aliphatic carbocycles. The highest BCUT2D eigenvalue weighted by Crippen LogP contribution is 2.31. The Hall–Kier alpha value is -1.55. The van der Waals surface area contributed by atoms with Gasteiger partial charge in [0.2, 0.25) is 5.91 Å². The minimum absolute atomic E-state index is 0.0243. The Morgan fingerprint density at radius 3 is 2.75 bits per heavy atom. The maximum Gasteiger partial charge on any atom is 0.220 e. The number of amides is 1. The van der Waals surface area contributed by atoms with Crippen molar-refractivity contribution in [3.05, 3.63) is 29.8 Å². The van der Waals surface area contributed by atoms with Crippen molar-refractivity contribution >= 4 is 5.91 Å². The van der Waals surface area contributed by atoms with Crippen LogP contribution in [0.4, 0.5) is 0 Å². The van der Waals surface area contributed by atoms with Crippen molar-refractivity contribution in [1.29, 1.82) is 0 Å². The van der Waals surface area contributed by atoms with E-state index in [1.165, 1.54) is 0 Å². The summed E-state index contributed by atoms with van der Waals surface area (Å²) in [6, 6.07) is 7.75. The summed E-state index contributed by atoms with van der Waals surface area (Å²) in [5.74, 6) is 0.872. The van der Waals surface area contributed by atoms with Gasteiger partial charge < -0.3 is 15.2 Å². The van der Waals surface area contributed by atoms with E-state index in [0.29, 0.717) is 13.0 Å². The van der Waals surface area contributed by atoms with Crippen molar-refractivity contribution in [2.75, 3.05) is 13.7 Å². The summed E-state index contributed by atoms with van der Waals surface area (Å²) in [5, 5.41) is 12.8. The van der Waals surface area contributed by atoms with Gasteiger partial charge in [0.05, 0.1) is 12.7 Å². The lowest BCUT2D eigenvalue weighted by Gasteiger charge is -2.36. The molecule has 0 spiro atoms. The van der Waals surface area contributed by atoms with Crippen LogP contribution in [0.5, 0.6) is 5.75 Å². The van der Waals surface area contributed by atoms with Crippen LogP contribution in [0, 0.1) is 0 Å². The normalized spacial score (nSPS) is 17.9. The van der Waals surface area contributed by atoms with Crippen LogP contribution < -0.4 is 10.1 Å². The first-order valence-corrected chi connectivity index (χ1v) is 7.16. The van der Waals surface area contributed by atoms with Gasteiger partial charge in [0, 0.05) is 13.0 Å². The fraction of sp³-hybridized carbons (Fsp3) is 0.562. The van der Waals surface area contributed by atoms with Gasteiger partial charge in [-0.15, -0.1) is 0 Å². The predicted octanol–water partition coefficient (Wildman–Crippen LogP) is 2.22. The van der Waals surface area contributed by atoms with Crippen LogP contribution in [-0.2, 0) is 4.79 Å². The van der Waals surface area contributed by atoms with Crippen LogP contribution in [0.15, 0.2) is 24.3 Å². The molecular weight excluding hydrogens is 254 g/mol. The molecule has 0 aliphatic heterocycles. The molecule has 0 saturated heterocycles. The van der Waals surface area contributed by atoms with Gasteiger partial charge in [-0.25, -0.2) is 0 Å². The zero-order valence-corrected chi connectivity index (χ0v) is 12.2. The van der Waals surface area contributed by atoms with Gasteiger partial charge in [0.25, 0.3) is 0 Å². The highest BCUT2D eigenvalue weighted by molar-refractivity contribution is 5.77. The molecule has 110 valence electrons. The predicted molar refractivity (Wildman–Crippen MR) is 77.8 cm³/mol. The summed E-state index contributed by atoms with van der Waals surface area (Å²) >= 11 is 0. The monoisotopic (exact) mass is 277 g/mol. The van der Waals surface area contributed by atoms with Crippen molar-refractivity contribution in [1.82, 2.24) is 5.32 Å². The first-order chi connectivity index (χ1) is 9.54. The molecule has 4 heteroatoms. The minimum atomic E-state index is -0.663. The number of nitrogens with one attached hydrogen (secondary N) is 1. The fourth-order valence-corrected chi connectivity index (χ4v) is 2.56. The summed E-state index contributed by atoms with van der Waals surface area (Å²) in [7, 11) is 1.64. The highest BCUT2D eigenvalue weighted by atomic mass is 16.5. The Morgan fingerprint density at radius 1 is 1.45 bits per heavy atom. The van der Waals surface area contributed by atoms with E-state index in [1.54, 1.807) is 7.11 Å². The Balaban J connectivity index is 1.87. The number of ether oxygens (including phenoxy) is 1. The molecule has 0 aromatic heterocycles. The van der Waals surface area contributed by atoms with E-state index in [-0.39, 0.29) is 11.8 Å². The molecule has 1 saturated carbocycles. The number of methoxy groups -OCH3 is 1. The van der Waals surface area contributed by atoms with Crippen LogP contribution in [0.3, 0.4) is 0 Å². The van der Waals surface area contributed by atoms with E-state index in [9.17, 15) is 9.90 Å². The molecule has 0 radical (unpaired) electrons. The van der Waals surface area contributed by atoms with Crippen LogP contribution in [0.2, 0.25) is 0 Å². The average Bonchev–Trinajstić information content (AvgIpc) is 2.43. The van der Waals surface area contributed by atoms with Gasteiger partial charge in [-0.05, 0) is 36.8 Å². The van der Waals surface area contributed by atoms with Gasteiger partial charge in [-0.1, -0.05) is 25.1 Å².